The Bertz CT molecular complexity index is 640. The van der Waals surface area contributed by atoms with Gasteiger partial charge in [0.25, 0.3) is 0 Å². The first kappa shape index (κ1) is 12.0. The first-order chi connectivity index (χ1) is 9.18. The molecule has 0 spiro atoms. The van der Waals surface area contributed by atoms with Crippen LogP contribution in [0.25, 0.3) is 11.3 Å². The fraction of sp³-hybridized carbons (Fsp3) is 0.375. The zero-order chi connectivity index (χ0) is 13.5. The highest BCUT2D eigenvalue weighted by Crippen LogP contribution is 2.46. The van der Waals surface area contributed by atoms with Gasteiger partial charge >= 0.3 is 0 Å². The number of nitrogens with one attached hydrogen (secondary N) is 1. The molecule has 1 aliphatic rings. The van der Waals surface area contributed by atoms with E-state index in [1.165, 1.54) is 5.56 Å². The maximum atomic E-state index is 9.24. The van der Waals surface area contributed by atoms with Crippen molar-refractivity contribution >= 4 is 0 Å². The molecule has 0 unspecified atom stereocenters. The number of rotatable bonds is 3. The predicted octanol–water partition coefficient (Wildman–Crippen LogP) is 3.50. The second-order valence-corrected chi connectivity index (χ2v) is 5.30. The topological polar surface area (TPSA) is 52.5 Å². The quantitative estimate of drug-likeness (QED) is 0.907. The third-order valence-corrected chi connectivity index (χ3v) is 3.94. The van der Waals surface area contributed by atoms with Crippen molar-refractivity contribution in [1.82, 2.24) is 9.97 Å². The van der Waals surface area contributed by atoms with Gasteiger partial charge in [-0.15, -0.1) is 0 Å². The summed E-state index contributed by atoms with van der Waals surface area (Å²) in [5.74, 6) is 0.835. The summed E-state index contributed by atoms with van der Waals surface area (Å²) in [5.41, 5.74) is 4.12. The van der Waals surface area contributed by atoms with E-state index in [-0.39, 0.29) is 5.41 Å². The van der Waals surface area contributed by atoms with E-state index in [4.69, 9.17) is 0 Å². The van der Waals surface area contributed by atoms with Crippen molar-refractivity contribution in [3.63, 3.8) is 0 Å². The van der Waals surface area contributed by atoms with Crippen molar-refractivity contribution < 1.29 is 0 Å². The van der Waals surface area contributed by atoms with E-state index in [1.54, 1.807) is 0 Å². The van der Waals surface area contributed by atoms with Gasteiger partial charge in [-0.05, 0) is 31.7 Å². The minimum absolute atomic E-state index is 0.341. The molecule has 19 heavy (non-hydrogen) atoms. The molecule has 0 amide bonds. The number of imidazole rings is 1. The summed E-state index contributed by atoms with van der Waals surface area (Å²) in [5, 5.41) is 9.24. The molecule has 1 aromatic heterocycles. The lowest BCUT2D eigenvalue weighted by molar-refractivity contribution is 0.818. The highest BCUT2D eigenvalue weighted by Gasteiger charge is 2.48. The average molecular weight is 251 g/mol. The van der Waals surface area contributed by atoms with Crippen LogP contribution in [0.15, 0.2) is 24.3 Å². The molecule has 3 rings (SSSR count). The standard InChI is InChI=1S/C16H17N3/c1-3-12-4-6-13(7-5-12)14-11(2)18-15(19-14)16(10-17)8-9-16/h4-7H,3,8-9H2,1-2H3,(H,18,19). The van der Waals surface area contributed by atoms with E-state index in [1.807, 2.05) is 6.92 Å². The monoisotopic (exact) mass is 251 g/mol. The highest BCUT2D eigenvalue weighted by molar-refractivity contribution is 5.63. The van der Waals surface area contributed by atoms with Crippen LogP contribution in [-0.2, 0) is 11.8 Å². The Morgan fingerprint density at radius 2 is 2.00 bits per heavy atom. The normalized spacial score (nSPS) is 16.1. The first-order valence-corrected chi connectivity index (χ1v) is 6.76. The van der Waals surface area contributed by atoms with E-state index in [0.29, 0.717) is 0 Å². The van der Waals surface area contributed by atoms with E-state index in [0.717, 1.165) is 42.0 Å². The van der Waals surface area contributed by atoms with E-state index in [2.05, 4.69) is 47.2 Å². The van der Waals surface area contributed by atoms with Crippen molar-refractivity contribution in [2.45, 2.75) is 38.5 Å². The number of aryl methyl sites for hydroxylation is 2. The first-order valence-electron chi connectivity index (χ1n) is 6.76. The van der Waals surface area contributed by atoms with Crippen molar-refractivity contribution in [3.8, 4) is 17.3 Å². The summed E-state index contributed by atoms with van der Waals surface area (Å²) < 4.78 is 0. The number of hydrogen-bond acceptors (Lipinski definition) is 2. The summed E-state index contributed by atoms with van der Waals surface area (Å²) in [7, 11) is 0. The Morgan fingerprint density at radius 3 is 2.53 bits per heavy atom. The molecule has 1 heterocycles. The summed E-state index contributed by atoms with van der Waals surface area (Å²) in [6.07, 6.45) is 2.89. The van der Waals surface area contributed by atoms with Gasteiger partial charge in [0.1, 0.15) is 11.2 Å². The Morgan fingerprint density at radius 1 is 1.32 bits per heavy atom. The Balaban J connectivity index is 1.99. The third kappa shape index (κ3) is 1.94. The second-order valence-electron chi connectivity index (χ2n) is 5.30. The molecule has 1 aliphatic carbocycles. The van der Waals surface area contributed by atoms with Gasteiger partial charge in [-0.1, -0.05) is 31.2 Å². The summed E-state index contributed by atoms with van der Waals surface area (Å²) in [4.78, 5) is 7.95. The summed E-state index contributed by atoms with van der Waals surface area (Å²) in [6, 6.07) is 10.9. The van der Waals surface area contributed by atoms with Crippen LogP contribution in [0.3, 0.4) is 0 Å². The maximum absolute atomic E-state index is 9.24. The molecule has 3 heteroatoms. The molecule has 0 atom stereocenters. The average Bonchev–Trinajstić information content (AvgIpc) is 3.16. The van der Waals surface area contributed by atoms with E-state index in [9.17, 15) is 5.26 Å². The van der Waals surface area contributed by atoms with Gasteiger partial charge in [0, 0.05) is 11.3 Å². The van der Waals surface area contributed by atoms with Crippen LogP contribution in [0.1, 0.15) is 36.8 Å². The molecule has 1 fully saturated rings. The highest BCUT2D eigenvalue weighted by atomic mass is 15.0. The van der Waals surface area contributed by atoms with Crippen molar-refractivity contribution in [1.29, 1.82) is 5.26 Å². The molecule has 2 aromatic rings. The predicted molar refractivity (Wildman–Crippen MR) is 74.7 cm³/mol. The van der Waals surface area contributed by atoms with Crippen molar-refractivity contribution in [3.05, 3.63) is 41.3 Å². The molecule has 1 N–H and O–H groups in total. The largest absolute Gasteiger partial charge is 0.344 e. The van der Waals surface area contributed by atoms with Gasteiger partial charge in [-0.3, -0.25) is 0 Å². The lowest BCUT2D eigenvalue weighted by Crippen LogP contribution is -2.04. The molecular weight excluding hydrogens is 234 g/mol. The Kier molecular flexibility index (Phi) is 2.67. The molecule has 1 aromatic carbocycles. The van der Waals surface area contributed by atoms with Crippen LogP contribution >= 0.6 is 0 Å². The minimum atomic E-state index is -0.341. The lowest BCUT2D eigenvalue weighted by Gasteiger charge is -2.01. The minimum Gasteiger partial charge on any atom is -0.344 e. The molecule has 96 valence electrons. The maximum Gasteiger partial charge on any atom is 0.127 e. The number of benzene rings is 1. The van der Waals surface area contributed by atoms with Crippen LogP contribution in [0.2, 0.25) is 0 Å². The number of hydrogen-bond donors (Lipinski definition) is 1. The van der Waals surface area contributed by atoms with Gasteiger partial charge in [0.2, 0.25) is 0 Å². The zero-order valence-corrected chi connectivity index (χ0v) is 11.3. The number of nitrogens with zero attached hydrogens (tertiary/aromatic N) is 2. The number of H-pyrrole nitrogens is 1. The SMILES string of the molecule is CCc1ccc(-c2nc(C3(C#N)CC3)[nH]c2C)cc1. The van der Waals surface area contributed by atoms with E-state index >= 15 is 0 Å². The molecule has 0 radical (unpaired) electrons. The zero-order valence-electron chi connectivity index (χ0n) is 11.3. The molecular formula is C16H17N3. The van der Waals surface area contributed by atoms with Crippen LogP contribution in [-0.4, -0.2) is 9.97 Å². The number of aromatic nitrogens is 2. The van der Waals surface area contributed by atoms with Gasteiger partial charge in [0.15, 0.2) is 0 Å². The van der Waals surface area contributed by atoms with Crippen LogP contribution < -0.4 is 0 Å². The fourth-order valence-electron chi connectivity index (χ4n) is 2.39. The molecule has 0 aliphatic heterocycles. The summed E-state index contributed by atoms with van der Waals surface area (Å²) in [6.45, 7) is 4.17. The fourth-order valence-corrected chi connectivity index (χ4v) is 2.39. The Hall–Kier alpha value is -2.08. The van der Waals surface area contributed by atoms with Crippen molar-refractivity contribution in [2.24, 2.45) is 0 Å². The Labute approximate surface area is 113 Å². The summed E-state index contributed by atoms with van der Waals surface area (Å²) >= 11 is 0. The van der Waals surface area contributed by atoms with E-state index < -0.39 is 0 Å². The van der Waals surface area contributed by atoms with Gasteiger partial charge in [-0.2, -0.15) is 5.26 Å². The van der Waals surface area contributed by atoms with Crippen LogP contribution in [0, 0.1) is 18.3 Å². The smallest absolute Gasteiger partial charge is 0.127 e. The molecule has 0 bridgehead atoms. The molecule has 1 saturated carbocycles. The van der Waals surface area contributed by atoms with Crippen molar-refractivity contribution in [2.75, 3.05) is 0 Å². The van der Waals surface area contributed by atoms with Crippen LogP contribution in [0.4, 0.5) is 0 Å². The number of aromatic amines is 1. The van der Waals surface area contributed by atoms with Gasteiger partial charge in [0.05, 0.1) is 11.8 Å². The lowest BCUT2D eigenvalue weighted by atomic mass is 10.1. The third-order valence-electron chi connectivity index (χ3n) is 3.94. The van der Waals surface area contributed by atoms with Crippen LogP contribution in [0.5, 0.6) is 0 Å². The second kappa shape index (κ2) is 4.24. The molecule has 3 nitrogen and oxygen atoms in total. The van der Waals surface area contributed by atoms with Gasteiger partial charge < -0.3 is 4.98 Å². The molecule has 0 saturated heterocycles. The van der Waals surface area contributed by atoms with Gasteiger partial charge in [-0.25, -0.2) is 4.98 Å². The number of nitriles is 1.